The molecular formula is C11H10F2N2OS. The number of aromatic nitrogens is 1. The number of hydrogen-bond acceptors (Lipinski definition) is 4. The van der Waals surface area contributed by atoms with E-state index >= 15 is 0 Å². The summed E-state index contributed by atoms with van der Waals surface area (Å²) in [7, 11) is 0. The van der Waals surface area contributed by atoms with Crippen molar-refractivity contribution in [2.75, 3.05) is 0 Å². The number of thiazole rings is 1. The molecule has 2 N–H and O–H groups in total. The van der Waals surface area contributed by atoms with Crippen LogP contribution in [0.3, 0.4) is 0 Å². The van der Waals surface area contributed by atoms with Crippen molar-refractivity contribution in [3.63, 3.8) is 0 Å². The highest BCUT2D eigenvalue weighted by atomic mass is 32.1. The van der Waals surface area contributed by atoms with Crippen LogP contribution in [0, 0.1) is 11.6 Å². The van der Waals surface area contributed by atoms with E-state index < -0.39 is 11.6 Å². The van der Waals surface area contributed by atoms with Crippen LogP contribution in [0.25, 0.3) is 0 Å². The summed E-state index contributed by atoms with van der Waals surface area (Å²) in [5.74, 6) is -1.34. The Morgan fingerprint density at radius 3 is 2.82 bits per heavy atom. The second-order valence-electron chi connectivity index (χ2n) is 3.30. The zero-order chi connectivity index (χ0) is 12.3. The number of benzene rings is 1. The van der Waals surface area contributed by atoms with Gasteiger partial charge in [-0.15, -0.1) is 11.3 Å². The Hall–Kier alpha value is -1.53. The van der Waals surface area contributed by atoms with E-state index in [1.54, 1.807) is 0 Å². The van der Waals surface area contributed by atoms with Crippen LogP contribution in [0.15, 0.2) is 23.6 Å². The minimum Gasteiger partial charge on any atom is -0.483 e. The molecule has 0 bridgehead atoms. The number of ether oxygens (including phenoxy) is 1. The molecule has 0 radical (unpaired) electrons. The van der Waals surface area contributed by atoms with Crippen molar-refractivity contribution >= 4 is 11.3 Å². The molecule has 90 valence electrons. The largest absolute Gasteiger partial charge is 0.483 e. The summed E-state index contributed by atoms with van der Waals surface area (Å²) in [5, 5.41) is 2.52. The SMILES string of the molecule is NCc1csc(COc2ccc(F)cc2F)n1. The first-order chi connectivity index (χ1) is 8.19. The lowest BCUT2D eigenvalue weighted by atomic mass is 10.3. The van der Waals surface area contributed by atoms with Gasteiger partial charge in [0, 0.05) is 18.0 Å². The van der Waals surface area contributed by atoms with Crippen LogP contribution in [0.4, 0.5) is 8.78 Å². The van der Waals surface area contributed by atoms with Gasteiger partial charge in [-0.05, 0) is 12.1 Å². The van der Waals surface area contributed by atoms with E-state index in [1.807, 2.05) is 5.38 Å². The molecule has 1 aromatic carbocycles. The number of hydrogen-bond donors (Lipinski definition) is 1. The molecule has 2 aromatic rings. The van der Waals surface area contributed by atoms with E-state index in [1.165, 1.54) is 17.4 Å². The van der Waals surface area contributed by atoms with Gasteiger partial charge in [0.05, 0.1) is 5.69 Å². The van der Waals surface area contributed by atoms with E-state index in [4.69, 9.17) is 10.5 Å². The van der Waals surface area contributed by atoms with Gasteiger partial charge in [-0.2, -0.15) is 0 Å². The highest BCUT2D eigenvalue weighted by molar-refractivity contribution is 7.09. The third kappa shape index (κ3) is 2.98. The molecule has 1 aromatic heterocycles. The van der Waals surface area contributed by atoms with Crippen molar-refractivity contribution in [1.29, 1.82) is 0 Å². The summed E-state index contributed by atoms with van der Waals surface area (Å²) < 4.78 is 31.1. The van der Waals surface area contributed by atoms with Crippen LogP contribution in [-0.2, 0) is 13.2 Å². The molecule has 0 saturated heterocycles. The molecular weight excluding hydrogens is 246 g/mol. The summed E-state index contributed by atoms with van der Waals surface area (Å²) in [4.78, 5) is 4.16. The zero-order valence-electron chi connectivity index (χ0n) is 8.82. The minimum absolute atomic E-state index is 0.0101. The maximum absolute atomic E-state index is 13.2. The molecule has 0 saturated carbocycles. The van der Waals surface area contributed by atoms with Crippen molar-refractivity contribution in [2.45, 2.75) is 13.2 Å². The van der Waals surface area contributed by atoms with Crippen LogP contribution >= 0.6 is 11.3 Å². The molecule has 0 aliphatic carbocycles. The summed E-state index contributed by atoms with van der Waals surface area (Å²) in [6.45, 7) is 0.509. The van der Waals surface area contributed by atoms with E-state index in [0.29, 0.717) is 11.6 Å². The molecule has 0 aliphatic rings. The van der Waals surface area contributed by atoms with Gasteiger partial charge in [0.2, 0.25) is 0 Å². The summed E-state index contributed by atoms with van der Waals surface area (Å²) >= 11 is 1.39. The molecule has 0 atom stereocenters. The van der Waals surface area contributed by atoms with Crippen LogP contribution in [-0.4, -0.2) is 4.98 Å². The molecule has 0 fully saturated rings. The maximum atomic E-state index is 13.2. The Morgan fingerprint density at radius 1 is 1.35 bits per heavy atom. The Balaban J connectivity index is 2.02. The number of nitrogens with two attached hydrogens (primary N) is 1. The van der Waals surface area contributed by atoms with Crippen LogP contribution in [0.1, 0.15) is 10.7 Å². The third-order valence-electron chi connectivity index (χ3n) is 2.05. The highest BCUT2D eigenvalue weighted by Crippen LogP contribution is 2.19. The van der Waals surface area contributed by atoms with E-state index in [0.717, 1.165) is 17.8 Å². The molecule has 0 spiro atoms. The first-order valence-electron chi connectivity index (χ1n) is 4.90. The van der Waals surface area contributed by atoms with Crippen molar-refractivity contribution in [3.8, 4) is 5.75 Å². The van der Waals surface area contributed by atoms with Gasteiger partial charge in [0.1, 0.15) is 17.4 Å². The van der Waals surface area contributed by atoms with Crippen molar-refractivity contribution < 1.29 is 13.5 Å². The molecule has 3 nitrogen and oxygen atoms in total. The van der Waals surface area contributed by atoms with Gasteiger partial charge >= 0.3 is 0 Å². The second kappa shape index (κ2) is 5.20. The van der Waals surface area contributed by atoms with Crippen LogP contribution in [0.2, 0.25) is 0 Å². The molecule has 6 heteroatoms. The fourth-order valence-corrected chi connectivity index (χ4v) is 1.96. The minimum atomic E-state index is -0.722. The summed E-state index contributed by atoms with van der Waals surface area (Å²) in [6.07, 6.45) is 0. The molecule has 0 aliphatic heterocycles. The molecule has 0 amide bonds. The Labute approximate surface area is 101 Å². The van der Waals surface area contributed by atoms with Crippen molar-refractivity contribution in [3.05, 3.63) is 45.9 Å². The first kappa shape index (κ1) is 11.9. The van der Waals surface area contributed by atoms with Gasteiger partial charge in [0.15, 0.2) is 11.6 Å². The summed E-state index contributed by atoms with van der Waals surface area (Å²) in [5.41, 5.74) is 6.18. The van der Waals surface area contributed by atoms with Gasteiger partial charge < -0.3 is 10.5 Å². The normalized spacial score (nSPS) is 10.5. The van der Waals surface area contributed by atoms with E-state index in [2.05, 4.69) is 4.98 Å². The van der Waals surface area contributed by atoms with Crippen molar-refractivity contribution in [1.82, 2.24) is 4.98 Å². The van der Waals surface area contributed by atoms with E-state index in [-0.39, 0.29) is 12.4 Å². The summed E-state index contributed by atoms with van der Waals surface area (Å²) in [6, 6.07) is 3.18. The number of halogens is 2. The smallest absolute Gasteiger partial charge is 0.167 e. The van der Waals surface area contributed by atoms with Gasteiger partial charge in [0.25, 0.3) is 0 Å². The fourth-order valence-electron chi connectivity index (χ4n) is 1.24. The predicted octanol–water partition coefficient (Wildman–Crippen LogP) is 2.46. The lowest BCUT2D eigenvalue weighted by Crippen LogP contribution is -2.00. The highest BCUT2D eigenvalue weighted by Gasteiger charge is 2.06. The second-order valence-corrected chi connectivity index (χ2v) is 4.24. The molecule has 1 heterocycles. The van der Waals surface area contributed by atoms with E-state index in [9.17, 15) is 8.78 Å². The number of nitrogens with zero attached hydrogens (tertiary/aromatic N) is 1. The maximum Gasteiger partial charge on any atom is 0.167 e. The Bertz CT molecular complexity index is 516. The Kier molecular flexibility index (Phi) is 3.65. The predicted molar refractivity (Wildman–Crippen MR) is 60.7 cm³/mol. The number of rotatable bonds is 4. The van der Waals surface area contributed by atoms with Gasteiger partial charge in [-0.1, -0.05) is 0 Å². The van der Waals surface area contributed by atoms with Gasteiger partial charge in [-0.25, -0.2) is 13.8 Å². The van der Waals surface area contributed by atoms with Gasteiger partial charge in [-0.3, -0.25) is 0 Å². The molecule has 0 unspecified atom stereocenters. The fraction of sp³-hybridized carbons (Fsp3) is 0.182. The quantitative estimate of drug-likeness (QED) is 0.914. The topological polar surface area (TPSA) is 48.1 Å². The monoisotopic (exact) mass is 256 g/mol. The first-order valence-corrected chi connectivity index (χ1v) is 5.78. The lowest BCUT2D eigenvalue weighted by Gasteiger charge is -2.04. The molecule has 2 rings (SSSR count). The zero-order valence-corrected chi connectivity index (χ0v) is 9.64. The average molecular weight is 256 g/mol. The van der Waals surface area contributed by atoms with Crippen LogP contribution in [0.5, 0.6) is 5.75 Å². The van der Waals surface area contributed by atoms with Crippen molar-refractivity contribution in [2.24, 2.45) is 5.73 Å². The molecule has 17 heavy (non-hydrogen) atoms. The Morgan fingerprint density at radius 2 is 2.18 bits per heavy atom. The average Bonchev–Trinajstić information content (AvgIpc) is 2.76. The van der Waals surface area contributed by atoms with Crippen LogP contribution < -0.4 is 10.5 Å². The third-order valence-corrected chi connectivity index (χ3v) is 2.92. The standard InChI is InChI=1S/C11H10F2N2OS/c12-7-1-2-10(9(13)3-7)16-5-11-15-8(4-14)6-17-11/h1-3,6H,4-5,14H2. The lowest BCUT2D eigenvalue weighted by molar-refractivity contribution is 0.288.